The van der Waals surface area contributed by atoms with Crippen LogP contribution >= 0.6 is 0 Å². The van der Waals surface area contributed by atoms with E-state index in [2.05, 4.69) is 18.2 Å². The first kappa shape index (κ1) is 21.6. The molecule has 0 aliphatic heterocycles. The Kier molecular flexibility index (Phi) is 7.87. The zero-order valence-corrected chi connectivity index (χ0v) is 17.0. The summed E-state index contributed by atoms with van der Waals surface area (Å²) in [7, 11) is 0. The van der Waals surface area contributed by atoms with Crippen LogP contribution in [0.4, 0.5) is 0 Å². The number of nitrogens with one attached hydrogen (secondary N) is 1. The Bertz CT molecular complexity index is 1020. The summed E-state index contributed by atoms with van der Waals surface area (Å²) in [5, 5.41) is 8.39. The van der Waals surface area contributed by atoms with Crippen LogP contribution in [0.5, 0.6) is 0 Å². The zero-order chi connectivity index (χ0) is 21.2. The number of nitrogens with two attached hydrogens (primary N) is 1. The van der Waals surface area contributed by atoms with E-state index in [0.717, 1.165) is 27.8 Å². The van der Waals surface area contributed by atoms with Gasteiger partial charge in [-0.3, -0.25) is 5.41 Å². The number of hydrogen-bond donors (Lipinski definition) is 2. The quantitative estimate of drug-likeness (QED) is 0.333. The second-order valence-corrected chi connectivity index (χ2v) is 6.48. The molecule has 29 heavy (non-hydrogen) atoms. The van der Waals surface area contributed by atoms with Crippen molar-refractivity contribution in [3.05, 3.63) is 120 Å². The third-order valence-electron chi connectivity index (χ3n) is 4.39. The van der Waals surface area contributed by atoms with E-state index in [1.807, 2.05) is 92.7 Å². The van der Waals surface area contributed by atoms with Crippen LogP contribution in [0.3, 0.4) is 0 Å². The molecule has 0 spiro atoms. The van der Waals surface area contributed by atoms with E-state index < -0.39 is 0 Å². The highest BCUT2D eigenvalue weighted by molar-refractivity contribution is 6.11. The maximum atomic E-state index is 8.39. The second kappa shape index (κ2) is 10.6. The molecule has 0 radical (unpaired) electrons. The lowest BCUT2D eigenvalue weighted by Crippen LogP contribution is -2.16. The van der Waals surface area contributed by atoms with Gasteiger partial charge in [-0.1, -0.05) is 86.0 Å². The molecule has 0 bridgehead atoms. The molecule has 2 rings (SSSR count). The molecule has 2 aromatic carbocycles. The summed E-state index contributed by atoms with van der Waals surface area (Å²) in [4.78, 5) is 4.33. The van der Waals surface area contributed by atoms with Gasteiger partial charge in [0.2, 0.25) is 0 Å². The molecule has 0 amide bonds. The van der Waals surface area contributed by atoms with Gasteiger partial charge >= 0.3 is 0 Å². The molecule has 3 N–H and O–H groups in total. The second-order valence-electron chi connectivity index (χ2n) is 6.48. The minimum atomic E-state index is 0.121. The number of rotatable bonds is 7. The molecule has 0 aromatic heterocycles. The summed E-state index contributed by atoms with van der Waals surface area (Å²) in [6, 6.07) is 17.8. The van der Waals surface area contributed by atoms with E-state index in [1.54, 1.807) is 6.08 Å². The summed E-state index contributed by atoms with van der Waals surface area (Å²) in [6.45, 7) is 11.5. The standard InChI is InChI=1S/C26H27N3/c1-5-7-12-19(3)20(4)17-21(6-2)25(27)29-26(28)24-16-11-15-23(18-24)22-13-9-8-10-14-22/h5-18H,1,3H2,2,4H3,(H3,27,28,29)/b12-7-,20-17+,21-6+. The van der Waals surface area contributed by atoms with Crippen molar-refractivity contribution in [3.63, 3.8) is 0 Å². The van der Waals surface area contributed by atoms with Crippen molar-refractivity contribution in [1.82, 2.24) is 0 Å². The molecule has 0 fully saturated rings. The van der Waals surface area contributed by atoms with Gasteiger partial charge in [-0.05, 0) is 48.3 Å². The lowest BCUT2D eigenvalue weighted by Gasteiger charge is -2.07. The Balaban J connectivity index is 2.26. The first-order chi connectivity index (χ1) is 14.0. The van der Waals surface area contributed by atoms with Gasteiger partial charge in [0.15, 0.2) is 5.84 Å². The summed E-state index contributed by atoms with van der Waals surface area (Å²) < 4.78 is 0. The van der Waals surface area contributed by atoms with Crippen LogP contribution in [0.25, 0.3) is 11.1 Å². The minimum absolute atomic E-state index is 0.121. The minimum Gasteiger partial charge on any atom is -0.383 e. The predicted octanol–water partition coefficient (Wildman–Crippen LogP) is 6.23. The number of benzene rings is 2. The molecule has 0 saturated heterocycles. The molecule has 2 aromatic rings. The van der Waals surface area contributed by atoms with E-state index in [9.17, 15) is 0 Å². The van der Waals surface area contributed by atoms with E-state index in [0.29, 0.717) is 11.4 Å². The molecule has 3 heteroatoms. The molecule has 3 nitrogen and oxygen atoms in total. The zero-order valence-electron chi connectivity index (χ0n) is 17.0. The smallest absolute Gasteiger partial charge is 0.154 e. The number of allylic oxidation sites excluding steroid dienone is 6. The van der Waals surface area contributed by atoms with Gasteiger partial charge in [-0.2, -0.15) is 0 Å². The van der Waals surface area contributed by atoms with Crippen LogP contribution in [0.1, 0.15) is 19.4 Å². The van der Waals surface area contributed by atoms with E-state index >= 15 is 0 Å². The maximum Gasteiger partial charge on any atom is 0.154 e. The van der Waals surface area contributed by atoms with Crippen LogP contribution in [0, 0.1) is 5.41 Å². The number of amidine groups is 2. The molecule has 0 saturated carbocycles. The first-order valence-corrected chi connectivity index (χ1v) is 9.38. The summed E-state index contributed by atoms with van der Waals surface area (Å²) in [5.41, 5.74) is 11.6. The number of nitrogens with zero attached hydrogens (tertiary/aromatic N) is 1. The highest BCUT2D eigenvalue weighted by atomic mass is 14.9. The summed E-state index contributed by atoms with van der Waals surface area (Å²) in [6.07, 6.45) is 9.22. The Labute approximate surface area is 173 Å². The number of aliphatic imine (C=N–C) groups is 1. The van der Waals surface area contributed by atoms with Crippen molar-refractivity contribution in [2.45, 2.75) is 13.8 Å². The molecule has 0 aliphatic carbocycles. The largest absolute Gasteiger partial charge is 0.383 e. The monoisotopic (exact) mass is 381 g/mol. The van der Waals surface area contributed by atoms with Crippen molar-refractivity contribution in [3.8, 4) is 11.1 Å². The Hall–Kier alpha value is -3.72. The highest BCUT2D eigenvalue weighted by Crippen LogP contribution is 2.20. The fourth-order valence-electron chi connectivity index (χ4n) is 2.67. The third kappa shape index (κ3) is 6.15. The number of hydrogen-bond acceptors (Lipinski definition) is 1. The maximum absolute atomic E-state index is 8.39. The topological polar surface area (TPSA) is 62.2 Å². The van der Waals surface area contributed by atoms with Gasteiger partial charge in [0.25, 0.3) is 0 Å². The van der Waals surface area contributed by atoms with E-state index in [4.69, 9.17) is 11.1 Å². The Morgan fingerprint density at radius 1 is 1.07 bits per heavy atom. The van der Waals surface area contributed by atoms with Gasteiger partial charge < -0.3 is 5.73 Å². The predicted molar refractivity (Wildman–Crippen MR) is 126 cm³/mol. The normalized spacial score (nSPS) is 12.8. The molecule has 146 valence electrons. The van der Waals surface area contributed by atoms with Gasteiger partial charge in [0.05, 0.1) is 0 Å². The van der Waals surface area contributed by atoms with Crippen molar-refractivity contribution in [1.29, 1.82) is 5.41 Å². The lowest BCUT2D eigenvalue weighted by molar-refractivity contribution is 1.38. The Morgan fingerprint density at radius 2 is 1.76 bits per heavy atom. The van der Waals surface area contributed by atoms with Crippen LogP contribution in [-0.4, -0.2) is 11.7 Å². The fraction of sp³-hybridized carbons (Fsp3) is 0.0769. The third-order valence-corrected chi connectivity index (χ3v) is 4.39. The lowest BCUT2D eigenvalue weighted by atomic mass is 10.0. The van der Waals surface area contributed by atoms with Crippen LogP contribution < -0.4 is 5.73 Å². The molecule has 0 aliphatic rings. The van der Waals surface area contributed by atoms with Gasteiger partial charge in [-0.25, -0.2) is 4.99 Å². The van der Waals surface area contributed by atoms with Crippen molar-refractivity contribution >= 4 is 11.7 Å². The highest BCUT2D eigenvalue weighted by Gasteiger charge is 2.06. The fourth-order valence-corrected chi connectivity index (χ4v) is 2.67. The SMILES string of the molecule is C=C/C=C\C(=C)/C(C)=C/C(=C\C)C(N)=NC(=N)c1cccc(-c2ccccc2)c1. The summed E-state index contributed by atoms with van der Waals surface area (Å²) in [5.74, 6) is 0.415. The average Bonchev–Trinajstić information content (AvgIpc) is 2.76. The van der Waals surface area contributed by atoms with Crippen molar-refractivity contribution in [2.75, 3.05) is 0 Å². The van der Waals surface area contributed by atoms with Gasteiger partial charge in [0.1, 0.15) is 5.84 Å². The van der Waals surface area contributed by atoms with Gasteiger partial charge in [0, 0.05) is 11.1 Å². The molecular formula is C26H27N3. The average molecular weight is 382 g/mol. The molecule has 0 heterocycles. The molecule has 0 atom stereocenters. The summed E-state index contributed by atoms with van der Waals surface area (Å²) >= 11 is 0. The van der Waals surface area contributed by atoms with Crippen molar-refractivity contribution in [2.24, 2.45) is 10.7 Å². The molecular weight excluding hydrogens is 354 g/mol. The first-order valence-electron chi connectivity index (χ1n) is 9.38. The molecule has 0 unspecified atom stereocenters. The van der Waals surface area contributed by atoms with E-state index in [1.165, 1.54) is 0 Å². The van der Waals surface area contributed by atoms with Crippen LogP contribution in [0.2, 0.25) is 0 Å². The van der Waals surface area contributed by atoms with Gasteiger partial charge in [-0.15, -0.1) is 0 Å². The van der Waals surface area contributed by atoms with E-state index in [-0.39, 0.29) is 5.84 Å². The van der Waals surface area contributed by atoms with Crippen LogP contribution in [-0.2, 0) is 0 Å². The van der Waals surface area contributed by atoms with Crippen LogP contribution in [0.15, 0.2) is 120 Å². The van der Waals surface area contributed by atoms with Crippen molar-refractivity contribution < 1.29 is 0 Å². The Morgan fingerprint density at radius 3 is 2.41 bits per heavy atom.